The molecule has 4 aromatic rings. The molecule has 0 bridgehead atoms. The summed E-state index contributed by atoms with van der Waals surface area (Å²) in [4.78, 5) is 17.6. The molecule has 0 atom stereocenters. The summed E-state index contributed by atoms with van der Waals surface area (Å²) in [6.07, 6.45) is 0. The number of rotatable bonds is 4. The highest BCUT2D eigenvalue weighted by Crippen LogP contribution is 2.24. The zero-order valence-corrected chi connectivity index (χ0v) is 18.6. The second-order valence-corrected chi connectivity index (χ2v) is 8.13. The van der Waals surface area contributed by atoms with Gasteiger partial charge in [-0.15, -0.1) is 5.10 Å². The highest BCUT2D eigenvalue weighted by atomic mass is 79.9. The first-order valence-electron chi connectivity index (χ1n) is 9.60. The molecule has 1 amide bonds. The van der Waals surface area contributed by atoms with Crippen LogP contribution in [0.25, 0.3) is 17.1 Å². The van der Waals surface area contributed by atoms with Crippen LogP contribution >= 0.6 is 15.9 Å². The van der Waals surface area contributed by atoms with Gasteiger partial charge in [0.05, 0.1) is 5.69 Å². The predicted octanol–water partition coefficient (Wildman–Crippen LogP) is 5.87. The van der Waals surface area contributed by atoms with Gasteiger partial charge < -0.3 is 5.32 Å². The van der Waals surface area contributed by atoms with Crippen LogP contribution in [0.15, 0.2) is 71.2 Å². The molecule has 150 valence electrons. The van der Waals surface area contributed by atoms with Crippen molar-refractivity contribution in [3.63, 3.8) is 0 Å². The normalized spacial score (nSPS) is 10.8. The van der Waals surface area contributed by atoms with Gasteiger partial charge in [-0.2, -0.15) is 0 Å². The third kappa shape index (κ3) is 4.04. The summed E-state index contributed by atoms with van der Waals surface area (Å²) in [7, 11) is 0. The maximum Gasteiger partial charge on any atom is 0.295 e. The van der Waals surface area contributed by atoms with E-state index in [2.05, 4.69) is 31.3 Å². The quantitative estimate of drug-likeness (QED) is 0.413. The van der Waals surface area contributed by atoms with Crippen LogP contribution in [-0.2, 0) is 0 Å². The lowest BCUT2D eigenvalue weighted by molar-refractivity contribution is 0.101. The van der Waals surface area contributed by atoms with Crippen molar-refractivity contribution in [2.24, 2.45) is 0 Å². The summed E-state index contributed by atoms with van der Waals surface area (Å²) >= 11 is 3.46. The SMILES string of the molecule is Cc1cccc(-c2nc(C(=O)Nc3cccc(C)c3C)nn2-c2ccc(Br)cc2)c1. The van der Waals surface area contributed by atoms with Gasteiger partial charge in [-0.3, -0.25) is 4.79 Å². The molecular formula is C24H21BrN4O. The van der Waals surface area contributed by atoms with Crippen LogP contribution in [0.4, 0.5) is 5.69 Å². The van der Waals surface area contributed by atoms with Crippen molar-refractivity contribution in [3.8, 4) is 17.1 Å². The average molecular weight is 461 g/mol. The molecular weight excluding hydrogens is 440 g/mol. The molecule has 0 saturated heterocycles. The molecule has 5 nitrogen and oxygen atoms in total. The smallest absolute Gasteiger partial charge is 0.295 e. The summed E-state index contributed by atoms with van der Waals surface area (Å²) in [6.45, 7) is 6.02. The number of carbonyl (C=O) groups excluding carboxylic acids is 1. The van der Waals surface area contributed by atoms with Gasteiger partial charge >= 0.3 is 0 Å². The van der Waals surface area contributed by atoms with Crippen LogP contribution in [0.3, 0.4) is 0 Å². The summed E-state index contributed by atoms with van der Waals surface area (Å²) in [5.74, 6) is 0.399. The minimum atomic E-state index is -0.339. The Morgan fingerprint density at radius 2 is 1.70 bits per heavy atom. The number of aryl methyl sites for hydroxylation is 2. The summed E-state index contributed by atoms with van der Waals surface area (Å²) in [6, 6.07) is 21.6. The summed E-state index contributed by atoms with van der Waals surface area (Å²) in [5.41, 5.74) is 5.74. The van der Waals surface area contributed by atoms with Crippen molar-refractivity contribution in [2.45, 2.75) is 20.8 Å². The number of nitrogens with one attached hydrogen (secondary N) is 1. The van der Waals surface area contributed by atoms with E-state index < -0.39 is 0 Å². The number of benzene rings is 3. The van der Waals surface area contributed by atoms with Crippen LogP contribution in [-0.4, -0.2) is 20.7 Å². The highest BCUT2D eigenvalue weighted by Gasteiger charge is 2.19. The lowest BCUT2D eigenvalue weighted by Gasteiger charge is -2.08. The summed E-state index contributed by atoms with van der Waals surface area (Å²) < 4.78 is 2.68. The largest absolute Gasteiger partial charge is 0.319 e. The van der Waals surface area contributed by atoms with E-state index in [1.165, 1.54) is 0 Å². The lowest BCUT2D eigenvalue weighted by Crippen LogP contribution is -2.15. The second-order valence-electron chi connectivity index (χ2n) is 7.22. The molecule has 1 N–H and O–H groups in total. The molecule has 0 saturated carbocycles. The topological polar surface area (TPSA) is 59.8 Å². The third-order valence-corrected chi connectivity index (χ3v) is 5.54. The third-order valence-electron chi connectivity index (χ3n) is 5.01. The highest BCUT2D eigenvalue weighted by molar-refractivity contribution is 9.10. The molecule has 0 aliphatic carbocycles. The van der Waals surface area contributed by atoms with Crippen molar-refractivity contribution in [1.82, 2.24) is 14.8 Å². The number of hydrogen-bond acceptors (Lipinski definition) is 3. The van der Waals surface area contributed by atoms with E-state index in [1.807, 2.05) is 87.5 Å². The molecule has 4 rings (SSSR count). The van der Waals surface area contributed by atoms with Gasteiger partial charge in [-0.25, -0.2) is 9.67 Å². The molecule has 0 fully saturated rings. The van der Waals surface area contributed by atoms with Gasteiger partial charge in [-0.05, 0) is 68.3 Å². The molecule has 3 aromatic carbocycles. The van der Waals surface area contributed by atoms with E-state index in [0.717, 1.165) is 38.1 Å². The Bertz CT molecular complexity index is 1230. The molecule has 0 aliphatic rings. The van der Waals surface area contributed by atoms with Crippen LogP contribution in [0.1, 0.15) is 27.3 Å². The van der Waals surface area contributed by atoms with E-state index in [-0.39, 0.29) is 11.7 Å². The first-order valence-corrected chi connectivity index (χ1v) is 10.4. The second kappa shape index (κ2) is 8.24. The number of aromatic nitrogens is 3. The van der Waals surface area contributed by atoms with Crippen LogP contribution in [0.2, 0.25) is 0 Å². The Hall–Kier alpha value is -3.25. The number of carbonyl (C=O) groups is 1. The first kappa shape index (κ1) is 20.0. The zero-order valence-electron chi connectivity index (χ0n) is 17.0. The summed E-state index contributed by atoms with van der Waals surface area (Å²) in [5, 5.41) is 7.49. The maximum absolute atomic E-state index is 13.0. The van der Waals surface area contributed by atoms with Gasteiger partial charge in [0.15, 0.2) is 5.82 Å². The fourth-order valence-electron chi connectivity index (χ4n) is 3.21. The molecule has 1 heterocycles. The maximum atomic E-state index is 13.0. The van der Waals surface area contributed by atoms with Crippen LogP contribution in [0, 0.1) is 20.8 Å². The van der Waals surface area contributed by atoms with E-state index >= 15 is 0 Å². The molecule has 6 heteroatoms. The number of nitrogens with zero attached hydrogens (tertiary/aromatic N) is 3. The number of amides is 1. The minimum absolute atomic E-state index is 0.121. The average Bonchev–Trinajstić information content (AvgIpc) is 3.18. The van der Waals surface area contributed by atoms with Gasteiger partial charge in [0.1, 0.15) is 0 Å². The van der Waals surface area contributed by atoms with Crippen molar-refractivity contribution >= 4 is 27.5 Å². The molecule has 0 unspecified atom stereocenters. The standard InChI is InChI=1S/C24H21BrN4O/c1-15-6-4-8-18(14-15)23-27-22(28-29(23)20-12-10-19(25)11-13-20)24(30)26-21-9-5-7-16(2)17(21)3/h4-14H,1-3H3,(H,26,30). The minimum Gasteiger partial charge on any atom is -0.319 e. The Morgan fingerprint density at radius 1 is 0.967 bits per heavy atom. The van der Waals surface area contributed by atoms with Gasteiger partial charge in [-0.1, -0.05) is 51.8 Å². The van der Waals surface area contributed by atoms with Crippen molar-refractivity contribution in [3.05, 3.63) is 93.7 Å². The van der Waals surface area contributed by atoms with Crippen molar-refractivity contribution < 1.29 is 4.79 Å². The van der Waals surface area contributed by atoms with Crippen LogP contribution in [0.5, 0.6) is 0 Å². The predicted molar refractivity (Wildman–Crippen MR) is 123 cm³/mol. The number of anilines is 1. The van der Waals surface area contributed by atoms with Crippen molar-refractivity contribution in [2.75, 3.05) is 5.32 Å². The molecule has 0 aliphatic heterocycles. The Balaban J connectivity index is 1.77. The van der Waals surface area contributed by atoms with Gasteiger partial charge in [0.2, 0.25) is 5.82 Å². The Labute approximate surface area is 183 Å². The fourth-order valence-corrected chi connectivity index (χ4v) is 3.47. The van der Waals surface area contributed by atoms with Crippen LogP contribution < -0.4 is 5.32 Å². The number of halogens is 1. The van der Waals surface area contributed by atoms with Crippen molar-refractivity contribution in [1.29, 1.82) is 0 Å². The Morgan fingerprint density at radius 3 is 2.43 bits per heavy atom. The van der Waals surface area contributed by atoms with Gasteiger partial charge in [0, 0.05) is 15.7 Å². The van der Waals surface area contributed by atoms with E-state index in [1.54, 1.807) is 4.68 Å². The fraction of sp³-hybridized carbons (Fsp3) is 0.125. The monoisotopic (exact) mass is 460 g/mol. The zero-order chi connectivity index (χ0) is 21.3. The van der Waals surface area contributed by atoms with E-state index in [9.17, 15) is 4.79 Å². The lowest BCUT2D eigenvalue weighted by atomic mass is 10.1. The molecule has 0 spiro atoms. The van der Waals surface area contributed by atoms with Gasteiger partial charge in [0.25, 0.3) is 5.91 Å². The molecule has 30 heavy (non-hydrogen) atoms. The Kier molecular flexibility index (Phi) is 5.50. The molecule has 1 aromatic heterocycles. The van der Waals surface area contributed by atoms with E-state index in [0.29, 0.717) is 5.82 Å². The van der Waals surface area contributed by atoms with E-state index in [4.69, 9.17) is 0 Å². The number of hydrogen-bond donors (Lipinski definition) is 1. The first-order chi connectivity index (χ1) is 14.4. The molecule has 0 radical (unpaired) electrons.